The third-order valence-electron chi connectivity index (χ3n) is 11.5. The summed E-state index contributed by atoms with van der Waals surface area (Å²) < 4.78 is 39.5. The second kappa shape index (κ2) is 16.1. The lowest BCUT2D eigenvalue weighted by Gasteiger charge is -2.51. The number of methoxy groups -OCH3 is 2. The molecule has 3 fully saturated rings. The van der Waals surface area contributed by atoms with E-state index in [1.165, 1.54) is 11.1 Å². The van der Waals surface area contributed by atoms with E-state index < -0.39 is 21.9 Å². The molecular weight excluding hydrogens is 702 g/mol. The van der Waals surface area contributed by atoms with Crippen molar-refractivity contribution in [2.75, 3.05) is 64.2 Å². The number of aryl methyl sites for hydroxylation is 1. The van der Waals surface area contributed by atoms with Crippen LogP contribution in [0.15, 0.2) is 52.9 Å². The summed E-state index contributed by atoms with van der Waals surface area (Å²) in [5, 5.41) is 0.719. The summed E-state index contributed by atoms with van der Waals surface area (Å²) in [5.74, 6) is 0.689. The number of likely N-dealkylation sites (tertiary alicyclic amines) is 2. The Morgan fingerprint density at radius 2 is 1.85 bits per heavy atom. The predicted molar refractivity (Wildman–Crippen MR) is 203 cm³/mol. The van der Waals surface area contributed by atoms with E-state index >= 15 is 0 Å². The first-order chi connectivity index (χ1) is 25.1. The molecule has 1 unspecified atom stereocenters. The molecule has 1 saturated carbocycles. The van der Waals surface area contributed by atoms with Gasteiger partial charge in [0.2, 0.25) is 0 Å². The highest BCUT2D eigenvalue weighted by Crippen LogP contribution is 2.42. The van der Waals surface area contributed by atoms with Crippen LogP contribution in [0, 0.1) is 17.8 Å². The number of nitrogens with zero attached hydrogens (tertiary/aromatic N) is 4. The van der Waals surface area contributed by atoms with Gasteiger partial charge in [-0.2, -0.15) is 0 Å². The summed E-state index contributed by atoms with van der Waals surface area (Å²) in [7, 11) is -0.00625. The maximum absolute atomic E-state index is 14.6. The molecule has 11 nitrogen and oxygen atoms in total. The number of nitrogens with one attached hydrogen (secondary N) is 1. The number of ether oxygens (including phenoxy) is 3. The Bertz CT molecular complexity index is 1790. The van der Waals surface area contributed by atoms with E-state index in [0.717, 1.165) is 62.4 Å². The monoisotopic (exact) mass is 753 g/mol. The lowest BCUT2D eigenvalue weighted by molar-refractivity contribution is -0.0775. The van der Waals surface area contributed by atoms with E-state index in [2.05, 4.69) is 43.2 Å². The Balaban J connectivity index is 1.22. The summed E-state index contributed by atoms with van der Waals surface area (Å²) >= 11 is 6.48. The minimum absolute atomic E-state index is 0.0386. The van der Waals surface area contributed by atoms with Gasteiger partial charge in [-0.25, -0.2) is 9.00 Å². The largest absolute Gasteiger partial charge is 0.491 e. The van der Waals surface area contributed by atoms with Crippen LogP contribution in [0.3, 0.4) is 0 Å². The number of halogens is 1. The average Bonchev–Trinajstić information content (AvgIpc) is 3.08. The van der Waals surface area contributed by atoms with Crippen LogP contribution in [0.1, 0.15) is 60.5 Å². The summed E-state index contributed by atoms with van der Waals surface area (Å²) in [6, 6.07) is 11.3. The molecule has 4 heterocycles. The lowest BCUT2D eigenvalue weighted by atomic mass is 9.70. The Kier molecular flexibility index (Phi) is 11.5. The fourth-order valence-electron chi connectivity index (χ4n) is 8.14. The van der Waals surface area contributed by atoms with Crippen LogP contribution in [0.5, 0.6) is 5.75 Å². The highest BCUT2D eigenvalue weighted by atomic mass is 35.5. The topological polar surface area (TPSA) is 113 Å². The number of allylic oxidation sites excluding steroid dienone is 1. The molecule has 0 aromatic heterocycles. The van der Waals surface area contributed by atoms with E-state index in [9.17, 15) is 13.8 Å². The molecule has 3 amide bonds. The second-order valence-electron chi connectivity index (χ2n) is 15.2. The molecule has 2 saturated heterocycles. The minimum Gasteiger partial charge on any atom is -0.491 e. The molecule has 5 aliphatic rings. The average molecular weight is 754 g/mol. The van der Waals surface area contributed by atoms with Crippen molar-refractivity contribution in [1.29, 1.82) is 0 Å². The molecule has 13 heteroatoms. The van der Waals surface area contributed by atoms with E-state index in [4.69, 9.17) is 25.8 Å². The lowest BCUT2D eigenvalue weighted by Crippen LogP contribution is -2.69. The van der Waals surface area contributed by atoms with Gasteiger partial charge < -0.3 is 24.0 Å². The van der Waals surface area contributed by atoms with Gasteiger partial charge in [-0.05, 0) is 97.7 Å². The van der Waals surface area contributed by atoms with Gasteiger partial charge in [0, 0.05) is 70.1 Å². The number of fused-ring (bicyclic) bond motifs is 3. The maximum atomic E-state index is 14.6. The first kappa shape index (κ1) is 37.2. The molecule has 0 radical (unpaired) electrons. The fraction of sp³-hybridized carbons (Fsp3) is 0.590. The first-order valence-corrected chi connectivity index (χ1v) is 20.8. The van der Waals surface area contributed by atoms with E-state index in [1.54, 1.807) is 25.2 Å². The van der Waals surface area contributed by atoms with Crippen LogP contribution in [0.25, 0.3) is 0 Å². The number of anilines is 1. The number of benzene rings is 2. The van der Waals surface area contributed by atoms with Gasteiger partial charge in [0.05, 0.1) is 30.3 Å². The Labute approximate surface area is 313 Å². The number of hydrogen-bond donors (Lipinski definition) is 1. The van der Waals surface area contributed by atoms with Gasteiger partial charge in [0.1, 0.15) is 15.7 Å². The van der Waals surface area contributed by atoms with Crippen LogP contribution in [0.4, 0.5) is 10.5 Å². The smallest absolute Gasteiger partial charge is 0.329 e. The van der Waals surface area contributed by atoms with Crippen molar-refractivity contribution in [3.63, 3.8) is 0 Å². The molecule has 2 aromatic rings. The highest BCUT2D eigenvalue weighted by molar-refractivity contribution is 7.92. The number of carbonyl (C=O) groups is 2. The molecule has 52 heavy (non-hydrogen) atoms. The van der Waals surface area contributed by atoms with Crippen molar-refractivity contribution < 1.29 is 28.0 Å². The zero-order chi connectivity index (χ0) is 36.4. The van der Waals surface area contributed by atoms with Gasteiger partial charge in [0.15, 0.2) is 0 Å². The fourth-order valence-corrected chi connectivity index (χ4v) is 10.2. The van der Waals surface area contributed by atoms with Gasteiger partial charge in [-0.1, -0.05) is 36.7 Å². The summed E-state index contributed by atoms with van der Waals surface area (Å²) in [4.78, 5) is 33.8. The van der Waals surface area contributed by atoms with Crippen molar-refractivity contribution in [3.05, 3.63) is 70.3 Å². The van der Waals surface area contributed by atoms with Crippen molar-refractivity contribution in [1.82, 2.24) is 14.5 Å². The summed E-state index contributed by atoms with van der Waals surface area (Å²) in [6.45, 7) is 6.62. The summed E-state index contributed by atoms with van der Waals surface area (Å²) in [5.41, 5.74) is 3.50. The molecule has 282 valence electrons. The van der Waals surface area contributed by atoms with Crippen LogP contribution in [-0.4, -0.2) is 103 Å². The minimum atomic E-state index is -3.48. The number of rotatable bonds is 4. The molecular formula is C39H52ClN5O6S. The van der Waals surface area contributed by atoms with Crippen molar-refractivity contribution in [2.45, 2.75) is 70.2 Å². The van der Waals surface area contributed by atoms with E-state index in [-0.39, 0.29) is 29.9 Å². The predicted octanol–water partition coefficient (Wildman–Crippen LogP) is 5.95. The standard InChI is InChI=1S/C39H52ClN5O6S/c1-26-7-6-9-36(50-3)34-14-11-30(34)20-44-19-29-10-13-31(40)17-27(29)8-4-5-16-51-37-15-12-28(18-35(37)44)38(46)41-52(48,25-26)42-39(47)45-21-32(22-45)43-23-33(24-43)49-2/h6,9-10,12-13,15,17-18,26,30,32-34,36H,4-5,7-8,11,14,16,19-25H2,1-3H3,(H,41,42,46,47,48)/b9-6+/t26-,30-,34+,36-,52?/m0/s1. The van der Waals surface area contributed by atoms with Gasteiger partial charge >= 0.3 is 6.03 Å². The van der Waals surface area contributed by atoms with E-state index in [0.29, 0.717) is 55.8 Å². The third-order valence-corrected chi connectivity index (χ3v) is 13.7. The zero-order valence-electron chi connectivity index (χ0n) is 30.5. The number of hydrogen-bond acceptors (Lipinski definition) is 8. The maximum Gasteiger partial charge on any atom is 0.329 e. The second-order valence-corrected chi connectivity index (χ2v) is 17.7. The Morgan fingerprint density at radius 3 is 2.60 bits per heavy atom. The SMILES string of the molecule is COC1CN(C2CN(C(=O)NS3(=O)=NC(=O)c4ccc5c(c4)N(Cc4ccc(Cl)cc4CCCCO5)C[C@@H]4CC[C@H]4[C@@H](OC)/C=C/C[C@H](C)C3)C2)C1. The molecule has 4 aliphatic heterocycles. The van der Waals surface area contributed by atoms with Gasteiger partial charge in [-0.15, -0.1) is 4.36 Å². The normalized spacial score (nSPS) is 29.8. The third kappa shape index (κ3) is 8.31. The molecule has 2 bridgehead atoms. The van der Waals surface area contributed by atoms with E-state index in [1.807, 2.05) is 25.1 Å². The van der Waals surface area contributed by atoms with Crippen LogP contribution in [0.2, 0.25) is 5.02 Å². The quantitative estimate of drug-likeness (QED) is 0.382. The molecule has 5 atom stereocenters. The molecule has 1 N–H and O–H groups in total. The Morgan fingerprint density at radius 1 is 1.02 bits per heavy atom. The van der Waals surface area contributed by atoms with Crippen LogP contribution >= 0.6 is 11.6 Å². The molecule has 2 aromatic carbocycles. The Hall–Kier alpha value is -3.16. The van der Waals surface area contributed by atoms with Gasteiger partial charge in [-0.3, -0.25) is 14.4 Å². The first-order valence-electron chi connectivity index (χ1n) is 18.7. The van der Waals surface area contributed by atoms with Crippen molar-refractivity contribution >= 4 is 39.1 Å². The molecule has 0 spiro atoms. The van der Waals surface area contributed by atoms with Gasteiger partial charge in [0.25, 0.3) is 5.91 Å². The molecule has 1 aliphatic carbocycles. The summed E-state index contributed by atoms with van der Waals surface area (Å²) in [6.07, 6.45) is 9.88. The number of amides is 3. The molecule has 7 rings (SSSR count). The van der Waals surface area contributed by atoms with Crippen LogP contribution in [-0.2, 0) is 32.4 Å². The highest BCUT2D eigenvalue weighted by Gasteiger charge is 2.42. The number of urea groups is 1. The van der Waals surface area contributed by atoms with Crippen molar-refractivity contribution in [3.8, 4) is 5.75 Å². The number of carbonyl (C=O) groups excluding carboxylic acids is 2. The zero-order valence-corrected chi connectivity index (χ0v) is 32.1. The van der Waals surface area contributed by atoms with Crippen LogP contribution < -0.4 is 14.4 Å². The van der Waals surface area contributed by atoms with Crippen molar-refractivity contribution in [2.24, 2.45) is 22.1 Å².